The summed E-state index contributed by atoms with van der Waals surface area (Å²) in [5, 5.41) is 19.5. The Labute approximate surface area is 97.2 Å². The fraction of sp³-hybridized carbons (Fsp3) is 0. The van der Waals surface area contributed by atoms with E-state index in [0.29, 0.717) is 21.5 Å². The molecule has 0 radical (unpaired) electrons. The number of allylic oxidation sites excluding steroid dienone is 1. The molecule has 0 amide bonds. The molecule has 0 spiro atoms. The normalized spacial score (nSPS) is 10.8. The van der Waals surface area contributed by atoms with Gasteiger partial charge in [0, 0.05) is 23.2 Å². The van der Waals surface area contributed by atoms with Crippen molar-refractivity contribution in [3.63, 3.8) is 0 Å². The highest BCUT2D eigenvalue weighted by Gasteiger charge is 2.08. The molecule has 1 heterocycles. The predicted molar refractivity (Wildman–Crippen MR) is 63.1 cm³/mol. The van der Waals surface area contributed by atoms with Crippen LogP contribution in [0.4, 0.5) is 0 Å². The fourth-order valence-corrected chi connectivity index (χ4v) is 1.73. The predicted octanol–water partition coefficient (Wildman–Crippen LogP) is 3.13. The summed E-state index contributed by atoms with van der Waals surface area (Å²) in [6.07, 6.45) is 4.35. The van der Waals surface area contributed by atoms with Crippen LogP contribution in [0.15, 0.2) is 30.5 Å². The minimum absolute atomic E-state index is 0.0338. The van der Waals surface area contributed by atoms with Crippen LogP contribution in [-0.2, 0) is 0 Å². The summed E-state index contributed by atoms with van der Waals surface area (Å²) >= 11 is 6.05. The second kappa shape index (κ2) is 4.21. The van der Waals surface area contributed by atoms with E-state index in [4.69, 9.17) is 16.9 Å². The van der Waals surface area contributed by atoms with Gasteiger partial charge in [0.25, 0.3) is 0 Å². The Hall–Kier alpha value is -2.05. The quantitative estimate of drug-likeness (QED) is 0.766. The molecule has 1 aromatic carbocycles. The summed E-state index contributed by atoms with van der Waals surface area (Å²) in [5.74, 6) is 0.0338. The summed E-state index contributed by atoms with van der Waals surface area (Å²) in [6, 6.07) is 6.99. The van der Waals surface area contributed by atoms with Crippen molar-refractivity contribution in [3.8, 4) is 11.8 Å². The Bertz CT molecular complexity index is 614. The van der Waals surface area contributed by atoms with Crippen molar-refractivity contribution < 1.29 is 5.11 Å². The number of nitriles is 1. The number of nitrogens with zero attached hydrogens (tertiary/aromatic N) is 2. The van der Waals surface area contributed by atoms with E-state index < -0.39 is 0 Å². The number of fused-ring (bicyclic) bond motifs is 1. The van der Waals surface area contributed by atoms with Crippen molar-refractivity contribution >= 4 is 28.6 Å². The molecule has 0 bridgehead atoms. The Morgan fingerprint density at radius 2 is 2.31 bits per heavy atom. The summed E-state index contributed by atoms with van der Waals surface area (Å²) in [5.41, 5.74) is 0.922. The maximum atomic E-state index is 9.92. The zero-order valence-electron chi connectivity index (χ0n) is 8.18. The highest BCUT2D eigenvalue weighted by atomic mass is 35.5. The van der Waals surface area contributed by atoms with Gasteiger partial charge in [-0.15, -0.1) is 0 Å². The Morgan fingerprint density at radius 1 is 1.50 bits per heavy atom. The minimum atomic E-state index is 0.0338. The molecule has 1 aromatic heterocycles. The molecule has 2 rings (SSSR count). The first-order chi connectivity index (χ1) is 7.74. The van der Waals surface area contributed by atoms with Crippen molar-refractivity contribution in [2.75, 3.05) is 0 Å². The van der Waals surface area contributed by atoms with Crippen molar-refractivity contribution in [3.05, 3.63) is 41.1 Å². The molecule has 16 heavy (non-hydrogen) atoms. The van der Waals surface area contributed by atoms with Crippen molar-refractivity contribution in [1.82, 2.24) is 4.98 Å². The largest absolute Gasteiger partial charge is 0.505 e. The molecule has 0 aliphatic rings. The lowest BCUT2D eigenvalue weighted by Gasteiger charge is -2.05. The summed E-state index contributed by atoms with van der Waals surface area (Å²) in [6.45, 7) is 0. The molecule has 3 nitrogen and oxygen atoms in total. The average Bonchev–Trinajstić information content (AvgIpc) is 2.32. The molecule has 1 N–H and O–H groups in total. The third kappa shape index (κ3) is 1.71. The topological polar surface area (TPSA) is 56.9 Å². The Kier molecular flexibility index (Phi) is 2.76. The molecule has 0 aliphatic heterocycles. The second-order valence-corrected chi connectivity index (χ2v) is 3.57. The number of aromatic nitrogens is 1. The van der Waals surface area contributed by atoms with Gasteiger partial charge < -0.3 is 5.11 Å². The van der Waals surface area contributed by atoms with E-state index in [0.717, 1.165) is 0 Å². The van der Waals surface area contributed by atoms with Gasteiger partial charge in [0.15, 0.2) is 0 Å². The van der Waals surface area contributed by atoms with Crippen LogP contribution in [0.25, 0.3) is 17.0 Å². The molecule has 0 unspecified atom stereocenters. The molecular weight excluding hydrogens is 224 g/mol. The number of phenols is 1. The molecule has 4 heteroatoms. The van der Waals surface area contributed by atoms with Gasteiger partial charge in [0.1, 0.15) is 11.3 Å². The molecule has 0 aliphatic carbocycles. The van der Waals surface area contributed by atoms with E-state index in [2.05, 4.69) is 4.98 Å². The highest BCUT2D eigenvalue weighted by molar-refractivity contribution is 6.35. The molecule has 0 saturated heterocycles. The van der Waals surface area contributed by atoms with Crippen LogP contribution in [0.5, 0.6) is 5.75 Å². The molecule has 2 aromatic rings. The number of benzene rings is 1. The maximum absolute atomic E-state index is 9.92. The standard InChI is InChI=1S/C12H7ClN2O/c13-10-7-8(3-1-5-14)12(16)11-9(10)4-2-6-15-11/h1-4,6-7,16H. The molecule has 78 valence electrons. The van der Waals surface area contributed by atoms with E-state index in [1.165, 1.54) is 12.2 Å². The number of rotatable bonds is 1. The van der Waals surface area contributed by atoms with Gasteiger partial charge in [-0.3, -0.25) is 4.98 Å². The lowest BCUT2D eigenvalue weighted by Crippen LogP contribution is -1.84. The minimum Gasteiger partial charge on any atom is -0.505 e. The van der Waals surface area contributed by atoms with Crippen LogP contribution in [0.1, 0.15) is 5.56 Å². The zero-order chi connectivity index (χ0) is 11.5. The first kappa shape index (κ1) is 10.5. The highest BCUT2D eigenvalue weighted by Crippen LogP contribution is 2.33. The lowest BCUT2D eigenvalue weighted by atomic mass is 10.1. The zero-order valence-corrected chi connectivity index (χ0v) is 8.94. The molecule has 0 fully saturated rings. The summed E-state index contributed by atoms with van der Waals surface area (Å²) in [4.78, 5) is 4.06. The first-order valence-electron chi connectivity index (χ1n) is 4.56. The van der Waals surface area contributed by atoms with Crippen molar-refractivity contribution in [1.29, 1.82) is 5.26 Å². The number of phenolic OH excluding ortho intramolecular Hbond substituents is 1. The average molecular weight is 231 g/mol. The van der Waals surface area contributed by atoms with Crippen LogP contribution in [0.2, 0.25) is 5.02 Å². The third-order valence-corrected chi connectivity index (χ3v) is 2.50. The maximum Gasteiger partial charge on any atom is 0.149 e. The van der Waals surface area contributed by atoms with E-state index in [9.17, 15) is 5.11 Å². The van der Waals surface area contributed by atoms with Crippen LogP contribution < -0.4 is 0 Å². The monoisotopic (exact) mass is 230 g/mol. The SMILES string of the molecule is N#CC=Cc1cc(Cl)c2cccnc2c1O. The second-order valence-electron chi connectivity index (χ2n) is 3.16. The third-order valence-electron chi connectivity index (χ3n) is 2.18. The lowest BCUT2D eigenvalue weighted by molar-refractivity contribution is 0.479. The number of hydrogen-bond donors (Lipinski definition) is 1. The van der Waals surface area contributed by atoms with E-state index in [-0.39, 0.29) is 5.75 Å². The summed E-state index contributed by atoms with van der Waals surface area (Å²) < 4.78 is 0. The number of aromatic hydroxyl groups is 1. The van der Waals surface area contributed by atoms with Gasteiger partial charge in [-0.25, -0.2) is 0 Å². The van der Waals surface area contributed by atoms with Crippen molar-refractivity contribution in [2.24, 2.45) is 0 Å². The van der Waals surface area contributed by atoms with Gasteiger partial charge in [0.05, 0.1) is 11.1 Å². The van der Waals surface area contributed by atoms with E-state index in [1.54, 1.807) is 24.4 Å². The van der Waals surface area contributed by atoms with Crippen LogP contribution in [0.3, 0.4) is 0 Å². The van der Waals surface area contributed by atoms with Gasteiger partial charge in [-0.1, -0.05) is 11.6 Å². The summed E-state index contributed by atoms with van der Waals surface area (Å²) in [7, 11) is 0. The molecular formula is C12H7ClN2O. The molecule has 0 saturated carbocycles. The van der Waals surface area contributed by atoms with Crippen LogP contribution in [0, 0.1) is 11.3 Å². The van der Waals surface area contributed by atoms with Crippen molar-refractivity contribution in [2.45, 2.75) is 0 Å². The smallest absolute Gasteiger partial charge is 0.149 e. The van der Waals surface area contributed by atoms with Gasteiger partial charge in [-0.2, -0.15) is 5.26 Å². The number of halogens is 1. The molecule has 0 atom stereocenters. The number of pyridine rings is 1. The van der Waals surface area contributed by atoms with E-state index in [1.807, 2.05) is 6.07 Å². The number of hydrogen-bond acceptors (Lipinski definition) is 3. The van der Waals surface area contributed by atoms with Gasteiger partial charge in [0.2, 0.25) is 0 Å². The van der Waals surface area contributed by atoms with Gasteiger partial charge in [-0.05, 0) is 24.3 Å². The Morgan fingerprint density at radius 3 is 3.06 bits per heavy atom. The van der Waals surface area contributed by atoms with E-state index >= 15 is 0 Å². The van der Waals surface area contributed by atoms with Gasteiger partial charge >= 0.3 is 0 Å². The fourth-order valence-electron chi connectivity index (χ4n) is 1.46. The first-order valence-corrected chi connectivity index (χ1v) is 4.94. The van der Waals surface area contributed by atoms with Crippen LogP contribution >= 0.6 is 11.6 Å². The Balaban J connectivity index is 2.76. The van der Waals surface area contributed by atoms with Crippen LogP contribution in [-0.4, -0.2) is 10.1 Å².